The van der Waals surface area contributed by atoms with Crippen molar-refractivity contribution in [3.63, 3.8) is 0 Å². The van der Waals surface area contributed by atoms with Crippen LogP contribution >= 0.6 is 27.5 Å². The number of rotatable bonds is 7. The Morgan fingerprint density at radius 1 is 1.29 bits per heavy atom. The molecule has 0 fully saturated rings. The number of hydrogen-bond donors (Lipinski definition) is 0. The van der Waals surface area contributed by atoms with Crippen LogP contribution in [0.25, 0.3) is 0 Å². The number of alkyl halides is 1. The summed E-state index contributed by atoms with van der Waals surface area (Å²) in [5, 5.41) is -0.0209. The molecule has 0 saturated carbocycles. The summed E-state index contributed by atoms with van der Waals surface area (Å²) in [6, 6.07) is 8.10. The molecular formula is C14H17BrClN. The third kappa shape index (κ3) is 5.07. The second-order valence-electron chi connectivity index (χ2n) is 3.82. The second kappa shape index (κ2) is 7.70. The molecule has 92 valence electrons. The van der Waals surface area contributed by atoms with Crippen molar-refractivity contribution in [3.8, 4) is 0 Å². The Kier molecular flexibility index (Phi) is 6.56. The quantitative estimate of drug-likeness (QED) is 0.532. The molecule has 0 aliphatic heterocycles. The highest BCUT2D eigenvalue weighted by atomic mass is 79.9. The van der Waals surface area contributed by atoms with E-state index in [0.29, 0.717) is 0 Å². The van der Waals surface area contributed by atoms with Gasteiger partial charge in [-0.1, -0.05) is 40.2 Å². The standard InChI is InChI=1S/C14H17BrClN/c1-3-8-17(9-4-2)11-14(16)12-6-5-7-13(15)10-12/h3-7,10,14H,1-2,8-9,11H2. The van der Waals surface area contributed by atoms with E-state index in [-0.39, 0.29) is 5.38 Å². The average molecular weight is 315 g/mol. The van der Waals surface area contributed by atoms with Gasteiger partial charge in [0, 0.05) is 24.1 Å². The fourth-order valence-corrected chi connectivity index (χ4v) is 2.37. The molecule has 0 amide bonds. The Morgan fingerprint density at radius 2 is 1.94 bits per heavy atom. The lowest BCUT2D eigenvalue weighted by Gasteiger charge is -2.22. The highest BCUT2D eigenvalue weighted by molar-refractivity contribution is 9.10. The molecule has 1 unspecified atom stereocenters. The average Bonchev–Trinajstić information content (AvgIpc) is 2.29. The van der Waals surface area contributed by atoms with Crippen molar-refractivity contribution in [1.82, 2.24) is 4.90 Å². The number of hydrogen-bond acceptors (Lipinski definition) is 1. The highest BCUT2D eigenvalue weighted by Gasteiger charge is 2.12. The van der Waals surface area contributed by atoms with E-state index in [0.717, 1.165) is 29.7 Å². The van der Waals surface area contributed by atoms with Crippen LogP contribution in [0, 0.1) is 0 Å². The number of nitrogens with zero attached hydrogens (tertiary/aromatic N) is 1. The molecule has 1 nitrogen and oxygen atoms in total. The SMILES string of the molecule is C=CCN(CC=C)CC(Cl)c1cccc(Br)c1. The van der Waals surface area contributed by atoms with E-state index in [2.05, 4.69) is 40.1 Å². The van der Waals surface area contributed by atoms with Crippen molar-refractivity contribution in [3.05, 3.63) is 59.6 Å². The number of benzene rings is 1. The third-order valence-electron chi connectivity index (χ3n) is 2.40. The minimum Gasteiger partial charge on any atom is -0.294 e. The summed E-state index contributed by atoms with van der Waals surface area (Å²) in [5.41, 5.74) is 1.12. The van der Waals surface area contributed by atoms with E-state index in [1.165, 1.54) is 0 Å². The normalized spacial score (nSPS) is 12.4. The van der Waals surface area contributed by atoms with Gasteiger partial charge < -0.3 is 0 Å². The zero-order chi connectivity index (χ0) is 12.7. The van der Waals surface area contributed by atoms with Gasteiger partial charge in [0.1, 0.15) is 0 Å². The molecule has 0 heterocycles. The van der Waals surface area contributed by atoms with Gasteiger partial charge >= 0.3 is 0 Å². The van der Waals surface area contributed by atoms with Gasteiger partial charge in [0.15, 0.2) is 0 Å². The Bertz CT molecular complexity index is 368. The van der Waals surface area contributed by atoms with Crippen LogP contribution in [-0.2, 0) is 0 Å². The molecule has 3 heteroatoms. The summed E-state index contributed by atoms with van der Waals surface area (Å²) in [4.78, 5) is 2.21. The lowest BCUT2D eigenvalue weighted by atomic mass is 10.1. The first-order valence-corrected chi connectivity index (χ1v) is 6.74. The lowest BCUT2D eigenvalue weighted by Crippen LogP contribution is -2.27. The first kappa shape index (κ1) is 14.5. The summed E-state index contributed by atoms with van der Waals surface area (Å²) < 4.78 is 1.06. The minimum atomic E-state index is -0.0209. The first-order chi connectivity index (χ1) is 8.17. The predicted molar refractivity (Wildman–Crippen MR) is 79.6 cm³/mol. The second-order valence-corrected chi connectivity index (χ2v) is 5.26. The zero-order valence-corrected chi connectivity index (χ0v) is 12.1. The van der Waals surface area contributed by atoms with Crippen molar-refractivity contribution in [2.24, 2.45) is 0 Å². The van der Waals surface area contributed by atoms with Crippen molar-refractivity contribution < 1.29 is 0 Å². The van der Waals surface area contributed by atoms with Crippen molar-refractivity contribution in [1.29, 1.82) is 0 Å². The van der Waals surface area contributed by atoms with E-state index in [1.54, 1.807) is 0 Å². The van der Waals surface area contributed by atoms with Crippen LogP contribution in [0.4, 0.5) is 0 Å². The topological polar surface area (TPSA) is 3.24 Å². The smallest absolute Gasteiger partial charge is 0.0712 e. The predicted octanol–water partition coefficient (Wildman–Crippen LogP) is 4.40. The molecule has 0 saturated heterocycles. The van der Waals surface area contributed by atoms with Crippen LogP contribution in [-0.4, -0.2) is 24.5 Å². The third-order valence-corrected chi connectivity index (χ3v) is 3.29. The maximum absolute atomic E-state index is 6.41. The van der Waals surface area contributed by atoms with Crippen LogP contribution in [0.15, 0.2) is 54.0 Å². The van der Waals surface area contributed by atoms with Crippen molar-refractivity contribution >= 4 is 27.5 Å². The van der Waals surface area contributed by atoms with E-state index < -0.39 is 0 Å². The van der Waals surface area contributed by atoms with Gasteiger partial charge in [0.05, 0.1) is 5.38 Å². The maximum Gasteiger partial charge on any atom is 0.0712 e. The molecule has 0 aliphatic carbocycles. The molecule has 1 rings (SSSR count). The highest BCUT2D eigenvalue weighted by Crippen LogP contribution is 2.24. The van der Waals surface area contributed by atoms with Gasteiger partial charge in [-0.05, 0) is 17.7 Å². The van der Waals surface area contributed by atoms with Crippen LogP contribution < -0.4 is 0 Å². The van der Waals surface area contributed by atoms with Gasteiger partial charge in [-0.15, -0.1) is 24.8 Å². The first-order valence-electron chi connectivity index (χ1n) is 5.51. The van der Waals surface area contributed by atoms with Crippen molar-refractivity contribution in [2.45, 2.75) is 5.38 Å². The fourth-order valence-electron chi connectivity index (χ4n) is 1.62. The van der Waals surface area contributed by atoms with Crippen LogP contribution in [0.3, 0.4) is 0 Å². The monoisotopic (exact) mass is 313 g/mol. The van der Waals surface area contributed by atoms with Crippen LogP contribution in [0.5, 0.6) is 0 Å². The summed E-state index contributed by atoms with van der Waals surface area (Å²) in [6.45, 7) is 9.93. The van der Waals surface area contributed by atoms with E-state index in [4.69, 9.17) is 11.6 Å². The Balaban J connectivity index is 2.65. The Labute approximate surface area is 117 Å². The molecular weight excluding hydrogens is 298 g/mol. The van der Waals surface area contributed by atoms with Crippen molar-refractivity contribution in [2.75, 3.05) is 19.6 Å². The molecule has 1 aromatic rings. The molecule has 0 aromatic heterocycles. The molecule has 0 spiro atoms. The van der Waals surface area contributed by atoms with E-state index in [9.17, 15) is 0 Å². The van der Waals surface area contributed by atoms with Gasteiger partial charge in [-0.3, -0.25) is 4.90 Å². The summed E-state index contributed by atoms with van der Waals surface area (Å²) >= 11 is 9.87. The van der Waals surface area contributed by atoms with E-state index in [1.807, 2.05) is 30.4 Å². The molecule has 0 bridgehead atoms. The molecule has 1 aromatic carbocycles. The molecule has 0 N–H and O–H groups in total. The van der Waals surface area contributed by atoms with Crippen LogP contribution in [0.1, 0.15) is 10.9 Å². The fraction of sp³-hybridized carbons (Fsp3) is 0.286. The maximum atomic E-state index is 6.41. The largest absolute Gasteiger partial charge is 0.294 e. The van der Waals surface area contributed by atoms with Gasteiger partial charge in [-0.2, -0.15) is 0 Å². The molecule has 17 heavy (non-hydrogen) atoms. The molecule has 0 radical (unpaired) electrons. The summed E-state index contributed by atoms with van der Waals surface area (Å²) in [5.74, 6) is 0. The molecule has 0 aliphatic rings. The molecule has 1 atom stereocenters. The lowest BCUT2D eigenvalue weighted by molar-refractivity contribution is 0.335. The van der Waals surface area contributed by atoms with Gasteiger partial charge in [0.2, 0.25) is 0 Å². The van der Waals surface area contributed by atoms with Gasteiger partial charge in [0.25, 0.3) is 0 Å². The minimum absolute atomic E-state index is 0.0209. The van der Waals surface area contributed by atoms with E-state index >= 15 is 0 Å². The summed E-state index contributed by atoms with van der Waals surface area (Å²) in [7, 11) is 0. The zero-order valence-electron chi connectivity index (χ0n) is 9.78. The Hall–Kier alpha value is -0.570. The summed E-state index contributed by atoms with van der Waals surface area (Å²) in [6.07, 6.45) is 3.77. The van der Waals surface area contributed by atoms with Crippen LogP contribution in [0.2, 0.25) is 0 Å². The van der Waals surface area contributed by atoms with Gasteiger partial charge in [-0.25, -0.2) is 0 Å². The number of halogens is 2. The Morgan fingerprint density at radius 3 is 2.47 bits per heavy atom.